The number of alkyl halides is 3. The van der Waals surface area contributed by atoms with Crippen LogP contribution in [0.5, 0.6) is 0 Å². The number of Topliss-reactive ketones (excluding diaryl/α,β-unsaturated/α-hetero) is 1. The van der Waals surface area contributed by atoms with E-state index < -0.39 is 18.4 Å². The van der Waals surface area contributed by atoms with E-state index in [1.54, 1.807) is 0 Å². The van der Waals surface area contributed by atoms with Crippen molar-refractivity contribution in [2.45, 2.75) is 46.1 Å². The molecule has 0 saturated heterocycles. The Morgan fingerprint density at radius 3 is 2.18 bits per heavy atom. The first-order valence-electron chi connectivity index (χ1n) is 5.32. The van der Waals surface area contributed by atoms with E-state index in [0.717, 1.165) is 0 Å². The minimum atomic E-state index is -3.04. The van der Waals surface area contributed by atoms with Gasteiger partial charge in [0.25, 0.3) is 5.91 Å². The summed E-state index contributed by atoms with van der Waals surface area (Å²) < 4.78 is 24.3. The van der Waals surface area contributed by atoms with Gasteiger partial charge < -0.3 is 5.32 Å². The first-order valence-corrected chi connectivity index (χ1v) is 6.44. The van der Waals surface area contributed by atoms with Gasteiger partial charge in [-0.3, -0.25) is 9.59 Å². The minimum absolute atomic E-state index is 0.0704. The lowest BCUT2D eigenvalue weighted by atomic mass is 9.86. The molecule has 3 nitrogen and oxygen atoms in total. The van der Waals surface area contributed by atoms with Crippen molar-refractivity contribution in [2.75, 3.05) is 5.33 Å². The topological polar surface area (TPSA) is 46.2 Å². The molecule has 0 aromatic rings. The molecule has 0 aliphatic rings. The molecule has 6 heteroatoms. The van der Waals surface area contributed by atoms with Crippen LogP contribution in [0, 0.1) is 5.41 Å². The van der Waals surface area contributed by atoms with E-state index in [1.165, 1.54) is 0 Å². The molecule has 0 heterocycles. The van der Waals surface area contributed by atoms with Crippen LogP contribution in [-0.2, 0) is 9.59 Å². The molecule has 0 aromatic carbocycles. The molecule has 0 aliphatic heterocycles. The molecule has 0 bridgehead atoms. The van der Waals surface area contributed by atoms with Crippen LogP contribution in [0.2, 0.25) is 0 Å². The minimum Gasteiger partial charge on any atom is -0.348 e. The van der Waals surface area contributed by atoms with E-state index in [-0.39, 0.29) is 22.9 Å². The summed E-state index contributed by atoms with van der Waals surface area (Å²) in [5, 5.41) is 2.37. The number of hydrogen-bond acceptors (Lipinski definition) is 2. The molecule has 0 fully saturated rings. The molecule has 1 unspecified atom stereocenters. The van der Waals surface area contributed by atoms with Gasteiger partial charge in [0.15, 0.2) is 0 Å². The maximum atomic E-state index is 12.1. The van der Waals surface area contributed by atoms with E-state index in [4.69, 9.17) is 0 Å². The van der Waals surface area contributed by atoms with E-state index >= 15 is 0 Å². The number of carbonyl (C=O) groups is 2. The Hall–Kier alpha value is -0.520. The second kappa shape index (κ2) is 7.03. The van der Waals surface area contributed by atoms with E-state index in [0.29, 0.717) is 6.42 Å². The monoisotopic (exact) mass is 313 g/mol. The zero-order valence-corrected chi connectivity index (χ0v) is 11.8. The third-order valence-electron chi connectivity index (χ3n) is 2.03. The first kappa shape index (κ1) is 16.5. The summed E-state index contributed by atoms with van der Waals surface area (Å²) in [6.45, 7) is 5.77. The summed E-state index contributed by atoms with van der Waals surface area (Å²) in [5.41, 5.74) is -0.146. The Morgan fingerprint density at radius 1 is 1.29 bits per heavy atom. The SMILES string of the molecule is CC(C)(C)CC(CC(=O)CBr)NC(=O)C(F)F. The standard InChI is InChI=1S/C11H18BrF2NO2/c1-11(2,3)5-7(4-8(16)6-12)15-10(17)9(13)14/h7,9H,4-6H2,1-3H3,(H,15,17). The van der Waals surface area contributed by atoms with Gasteiger partial charge in [0, 0.05) is 12.5 Å². The number of halogens is 3. The summed E-state index contributed by atoms with van der Waals surface area (Å²) in [6, 6.07) is -0.540. The lowest BCUT2D eigenvalue weighted by Crippen LogP contribution is -2.42. The van der Waals surface area contributed by atoms with Crippen molar-refractivity contribution in [2.24, 2.45) is 5.41 Å². The third-order valence-corrected chi connectivity index (χ3v) is 2.65. The first-order chi connectivity index (χ1) is 7.65. The van der Waals surface area contributed by atoms with Crippen molar-refractivity contribution in [3.05, 3.63) is 0 Å². The van der Waals surface area contributed by atoms with Crippen molar-refractivity contribution >= 4 is 27.6 Å². The van der Waals surface area contributed by atoms with Gasteiger partial charge >= 0.3 is 6.43 Å². The lowest BCUT2D eigenvalue weighted by molar-refractivity contribution is -0.132. The molecule has 100 valence electrons. The number of carbonyl (C=O) groups excluding carboxylic acids is 2. The highest BCUT2D eigenvalue weighted by atomic mass is 79.9. The molecular formula is C11H18BrF2NO2. The fourth-order valence-corrected chi connectivity index (χ4v) is 1.74. The highest BCUT2D eigenvalue weighted by molar-refractivity contribution is 9.09. The van der Waals surface area contributed by atoms with Crippen molar-refractivity contribution in [3.63, 3.8) is 0 Å². The van der Waals surface area contributed by atoms with Crippen LogP contribution in [0.25, 0.3) is 0 Å². The third kappa shape index (κ3) is 8.24. The van der Waals surface area contributed by atoms with E-state index in [2.05, 4.69) is 21.2 Å². The van der Waals surface area contributed by atoms with Gasteiger partial charge in [-0.25, -0.2) is 0 Å². The zero-order chi connectivity index (χ0) is 13.6. The maximum absolute atomic E-state index is 12.1. The number of ketones is 1. The Labute approximate surface area is 108 Å². The number of hydrogen-bond donors (Lipinski definition) is 1. The largest absolute Gasteiger partial charge is 0.348 e. The van der Waals surface area contributed by atoms with Crippen LogP contribution in [0.4, 0.5) is 8.78 Å². The molecule has 0 aliphatic carbocycles. The fraction of sp³-hybridized carbons (Fsp3) is 0.818. The van der Waals surface area contributed by atoms with E-state index in [9.17, 15) is 18.4 Å². The molecule has 0 rings (SSSR count). The van der Waals surface area contributed by atoms with Gasteiger partial charge in [-0.1, -0.05) is 36.7 Å². The second-order valence-corrected chi connectivity index (χ2v) is 5.71. The van der Waals surface area contributed by atoms with E-state index in [1.807, 2.05) is 20.8 Å². The quantitative estimate of drug-likeness (QED) is 0.766. The highest BCUT2D eigenvalue weighted by Gasteiger charge is 2.25. The van der Waals surface area contributed by atoms with Crippen LogP contribution in [0.15, 0.2) is 0 Å². The molecule has 1 N–H and O–H groups in total. The van der Waals surface area contributed by atoms with Gasteiger partial charge in [0.05, 0.1) is 5.33 Å². The lowest BCUT2D eigenvalue weighted by Gasteiger charge is -2.26. The Morgan fingerprint density at radius 2 is 1.82 bits per heavy atom. The van der Waals surface area contributed by atoms with Gasteiger partial charge in [-0.2, -0.15) is 8.78 Å². The fourth-order valence-electron chi connectivity index (χ4n) is 1.51. The molecule has 17 heavy (non-hydrogen) atoms. The molecule has 1 atom stereocenters. The maximum Gasteiger partial charge on any atom is 0.315 e. The summed E-state index contributed by atoms with van der Waals surface area (Å²) in [5.74, 6) is -1.43. The second-order valence-electron chi connectivity index (χ2n) is 5.15. The van der Waals surface area contributed by atoms with Crippen LogP contribution >= 0.6 is 15.9 Å². The van der Waals surface area contributed by atoms with Crippen LogP contribution in [-0.4, -0.2) is 29.5 Å². The van der Waals surface area contributed by atoms with Crippen LogP contribution < -0.4 is 5.32 Å². The average molecular weight is 314 g/mol. The van der Waals surface area contributed by atoms with Crippen molar-refractivity contribution in [1.29, 1.82) is 0 Å². The van der Waals surface area contributed by atoms with Crippen molar-refractivity contribution < 1.29 is 18.4 Å². The summed E-state index contributed by atoms with van der Waals surface area (Å²) >= 11 is 3.01. The molecule has 0 aromatic heterocycles. The Kier molecular flexibility index (Phi) is 6.82. The number of nitrogens with one attached hydrogen (secondary N) is 1. The van der Waals surface area contributed by atoms with Crippen molar-refractivity contribution in [1.82, 2.24) is 5.32 Å². The predicted molar refractivity (Wildman–Crippen MR) is 65.4 cm³/mol. The number of rotatable bonds is 6. The van der Waals surface area contributed by atoms with Crippen molar-refractivity contribution in [3.8, 4) is 0 Å². The molecule has 1 amide bonds. The summed E-state index contributed by atoms with van der Waals surface area (Å²) in [6.07, 6.45) is -2.50. The molecule has 0 spiro atoms. The highest BCUT2D eigenvalue weighted by Crippen LogP contribution is 2.22. The normalized spacial score (nSPS) is 13.6. The van der Waals surface area contributed by atoms with Crippen LogP contribution in [0.1, 0.15) is 33.6 Å². The van der Waals surface area contributed by atoms with Gasteiger partial charge in [-0.15, -0.1) is 0 Å². The van der Waals surface area contributed by atoms with Gasteiger partial charge in [0.2, 0.25) is 0 Å². The number of amides is 1. The summed E-state index contributed by atoms with van der Waals surface area (Å²) in [7, 11) is 0. The Balaban J connectivity index is 4.51. The molecule has 0 radical (unpaired) electrons. The summed E-state index contributed by atoms with van der Waals surface area (Å²) in [4.78, 5) is 22.2. The average Bonchev–Trinajstić information content (AvgIpc) is 2.14. The molecule has 0 saturated carbocycles. The molecular weight excluding hydrogens is 296 g/mol. The Bertz CT molecular complexity index is 277. The smallest absolute Gasteiger partial charge is 0.315 e. The van der Waals surface area contributed by atoms with Crippen LogP contribution in [0.3, 0.4) is 0 Å². The van der Waals surface area contributed by atoms with Gasteiger partial charge in [-0.05, 0) is 11.8 Å². The zero-order valence-electron chi connectivity index (χ0n) is 10.2. The predicted octanol–water partition coefficient (Wildman–Crippen LogP) is 2.53. The van der Waals surface area contributed by atoms with Gasteiger partial charge in [0.1, 0.15) is 5.78 Å².